The van der Waals surface area contributed by atoms with Crippen molar-refractivity contribution in [3.8, 4) is 0 Å². The largest absolute Gasteiger partial charge is 0.388 e. The van der Waals surface area contributed by atoms with Crippen LogP contribution in [0.3, 0.4) is 0 Å². The Hall–Kier alpha value is -0.903. The van der Waals surface area contributed by atoms with Gasteiger partial charge in [-0.3, -0.25) is 0 Å². The lowest BCUT2D eigenvalue weighted by atomic mass is 10.2. The predicted molar refractivity (Wildman–Crippen MR) is 101 cm³/mol. The zero-order chi connectivity index (χ0) is 16.2. The van der Waals surface area contributed by atoms with Gasteiger partial charge in [0.2, 0.25) is 0 Å². The number of hydrogen-bond acceptors (Lipinski definition) is 2. The van der Waals surface area contributed by atoms with Gasteiger partial charge in [-0.1, -0.05) is 68.8 Å². The van der Waals surface area contributed by atoms with Gasteiger partial charge in [0, 0.05) is 13.3 Å². The van der Waals surface area contributed by atoms with Crippen molar-refractivity contribution in [2.45, 2.75) is 39.5 Å². The fourth-order valence-electron chi connectivity index (χ4n) is 2.88. The molecule has 3 heteroatoms. The molecule has 1 aromatic carbocycles. The Kier molecular flexibility index (Phi) is 10.1. The van der Waals surface area contributed by atoms with Crippen LogP contribution < -0.4 is 5.19 Å². The van der Waals surface area contributed by atoms with Gasteiger partial charge in [0.05, 0.1) is 0 Å². The van der Waals surface area contributed by atoms with E-state index in [1.54, 1.807) is 0 Å². The molecule has 22 heavy (non-hydrogen) atoms. The van der Waals surface area contributed by atoms with Gasteiger partial charge in [0.25, 0.3) is 0 Å². The van der Waals surface area contributed by atoms with Crippen LogP contribution in [-0.2, 0) is 4.74 Å². The second-order valence-corrected chi connectivity index (χ2v) is 8.71. The minimum absolute atomic E-state index is 0.902. The molecule has 124 valence electrons. The summed E-state index contributed by atoms with van der Waals surface area (Å²) in [5, 5.41) is 1.50. The van der Waals surface area contributed by atoms with E-state index in [0.717, 1.165) is 6.23 Å². The third-order valence-electron chi connectivity index (χ3n) is 4.16. The van der Waals surface area contributed by atoms with Crippen molar-refractivity contribution in [2.24, 2.45) is 0 Å². The molecule has 2 nitrogen and oxygen atoms in total. The van der Waals surface area contributed by atoms with Crippen molar-refractivity contribution >= 4 is 20.1 Å². The predicted octanol–water partition coefficient (Wildman–Crippen LogP) is 3.39. The number of rotatable bonds is 12. The van der Waals surface area contributed by atoms with Crippen LogP contribution in [0.4, 0.5) is 0 Å². The number of hydrogen-bond donors (Lipinski definition) is 0. The first kappa shape index (κ1) is 19.1. The van der Waals surface area contributed by atoms with Gasteiger partial charge in [-0.15, -0.1) is 0 Å². The van der Waals surface area contributed by atoms with E-state index in [-0.39, 0.29) is 0 Å². The van der Waals surface area contributed by atoms with Crippen LogP contribution in [0.5, 0.6) is 0 Å². The number of methoxy groups -OCH3 is 1. The fraction of sp³-hybridized carbons (Fsp3) is 0.579. The third kappa shape index (κ3) is 6.47. The topological polar surface area (TPSA) is 12.5 Å². The lowest BCUT2D eigenvalue weighted by Gasteiger charge is -2.27. The number of benzene rings is 1. The summed E-state index contributed by atoms with van der Waals surface area (Å²) in [5.74, 6) is 0. The highest BCUT2D eigenvalue weighted by molar-refractivity contribution is 6.74. The Morgan fingerprint density at radius 3 is 2.32 bits per heavy atom. The van der Waals surface area contributed by atoms with Crippen molar-refractivity contribution in [2.75, 3.05) is 32.6 Å². The van der Waals surface area contributed by atoms with Crippen LogP contribution in [-0.4, -0.2) is 46.3 Å². The molecule has 0 aliphatic rings. The van der Waals surface area contributed by atoms with Crippen molar-refractivity contribution in [3.63, 3.8) is 0 Å². The van der Waals surface area contributed by atoms with Crippen molar-refractivity contribution in [3.05, 3.63) is 36.4 Å². The Morgan fingerprint density at radius 1 is 1.14 bits per heavy atom. The summed E-state index contributed by atoms with van der Waals surface area (Å²) in [4.78, 5) is 2.67. The van der Waals surface area contributed by atoms with Crippen LogP contribution in [0.15, 0.2) is 30.8 Å². The maximum absolute atomic E-state index is 5.57. The zero-order valence-electron chi connectivity index (χ0n) is 14.7. The van der Waals surface area contributed by atoms with E-state index < -0.39 is 8.80 Å². The second kappa shape index (κ2) is 11.6. The highest BCUT2D eigenvalue weighted by Gasteiger charge is 2.19. The summed E-state index contributed by atoms with van der Waals surface area (Å²) in [7, 11) is 0.672. The summed E-state index contributed by atoms with van der Waals surface area (Å²) in [6, 6.07) is 8.72. The van der Waals surface area contributed by atoms with E-state index in [1.165, 1.54) is 55.7 Å². The minimum atomic E-state index is -1.16. The van der Waals surface area contributed by atoms with Gasteiger partial charge in [-0.25, -0.2) is 0 Å². The van der Waals surface area contributed by atoms with E-state index >= 15 is 0 Å². The number of unbranched alkanes of at least 4 members (excludes halogenated alkanes) is 2. The number of ether oxygens (including phenoxy) is 1. The minimum Gasteiger partial charge on any atom is -0.388 e. The van der Waals surface area contributed by atoms with Crippen LogP contribution in [0, 0.1) is 0 Å². The Labute approximate surface area is 138 Å². The molecule has 0 heterocycles. The Morgan fingerprint density at radius 2 is 1.77 bits per heavy atom. The van der Waals surface area contributed by atoms with E-state index in [4.69, 9.17) is 4.74 Å². The number of nitrogens with zero attached hydrogens (tertiary/aromatic N) is 1. The zero-order valence-corrected chi connectivity index (χ0v) is 15.8. The smallest absolute Gasteiger partial charge is 0.115 e. The molecule has 0 spiro atoms. The lowest BCUT2D eigenvalue weighted by Crippen LogP contribution is -2.47. The molecule has 0 radical (unpaired) electrons. The first-order chi connectivity index (χ1) is 10.8. The molecule has 0 amide bonds. The summed E-state index contributed by atoms with van der Waals surface area (Å²) in [6.07, 6.45) is 9.22. The molecule has 1 aromatic rings. The molecule has 0 fully saturated rings. The highest BCUT2D eigenvalue weighted by Crippen LogP contribution is 2.05. The average molecular weight is 320 g/mol. The maximum atomic E-state index is 5.57. The second-order valence-electron chi connectivity index (χ2n) is 5.99. The van der Waals surface area contributed by atoms with E-state index in [9.17, 15) is 0 Å². The summed E-state index contributed by atoms with van der Waals surface area (Å²) in [6.45, 7) is 11.0. The molecule has 0 bridgehead atoms. The van der Waals surface area contributed by atoms with E-state index in [0.29, 0.717) is 0 Å². The SMILES string of the molecule is C=Cc1ccccc1[SiH](COC)CN(CCCC)CCCC. The van der Waals surface area contributed by atoms with Gasteiger partial charge in [0.15, 0.2) is 0 Å². The molecule has 0 aliphatic carbocycles. The monoisotopic (exact) mass is 319 g/mol. The Balaban J connectivity index is 2.84. The first-order valence-electron chi connectivity index (χ1n) is 8.69. The van der Waals surface area contributed by atoms with E-state index in [2.05, 4.69) is 49.6 Å². The molecule has 0 saturated carbocycles. The molecule has 1 atom stereocenters. The molecule has 0 aliphatic heterocycles. The first-order valence-corrected chi connectivity index (χ1v) is 10.9. The van der Waals surface area contributed by atoms with Gasteiger partial charge < -0.3 is 9.64 Å². The third-order valence-corrected chi connectivity index (χ3v) is 7.26. The maximum Gasteiger partial charge on any atom is 0.115 e. The van der Waals surface area contributed by atoms with Crippen molar-refractivity contribution in [1.29, 1.82) is 0 Å². The molecule has 1 rings (SSSR count). The van der Waals surface area contributed by atoms with Gasteiger partial charge in [-0.05, 0) is 37.7 Å². The van der Waals surface area contributed by atoms with Crippen LogP contribution in [0.25, 0.3) is 6.08 Å². The summed E-state index contributed by atoms with van der Waals surface area (Å²) < 4.78 is 5.57. The molecule has 1 unspecified atom stereocenters. The fourth-order valence-corrected chi connectivity index (χ4v) is 5.82. The molecule has 0 saturated heterocycles. The Bertz CT molecular complexity index is 414. The van der Waals surface area contributed by atoms with Gasteiger partial charge in [-0.2, -0.15) is 0 Å². The van der Waals surface area contributed by atoms with Crippen molar-refractivity contribution in [1.82, 2.24) is 4.90 Å². The highest BCUT2D eigenvalue weighted by atomic mass is 28.3. The summed E-state index contributed by atoms with van der Waals surface area (Å²) in [5.41, 5.74) is 1.29. The van der Waals surface area contributed by atoms with Crippen LogP contribution >= 0.6 is 0 Å². The molecule has 0 aromatic heterocycles. The van der Waals surface area contributed by atoms with E-state index in [1.807, 2.05) is 13.2 Å². The lowest BCUT2D eigenvalue weighted by molar-refractivity contribution is 0.243. The summed E-state index contributed by atoms with van der Waals surface area (Å²) >= 11 is 0. The average Bonchev–Trinajstić information content (AvgIpc) is 2.56. The normalized spacial score (nSPS) is 12.5. The molecular formula is C19H33NOSi. The van der Waals surface area contributed by atoms with Crippen LogP contribution in [0.2, 0.25) is 0 Å². The molecule has 0 N–H and O–H groups in total. The van der Waals surface area contributed by atoms with Gasteiger partial charge >= 0.3 is 0 Å². The standard InChI is InChI=1S/C19H33NOSi/c1-5-8-14-20(15-9-6-2)16-22(17-21-4)19-13-11-10-12-18(19)7-3/h7,10-13,22H,3,5-6,8-9,14-17H2,1-2,4H3. The molecular weight excluding hydrogens is 286 g/mol. The van der Waals surface area contributed by atoms with Gasteiger partial charge in [0.1, 0.15) is 8.80 Å². The van der Waals surface area contributed by atoms with Crippen molar-refractivity contribution < 1.29 is 4.74 Å². The quantitative estimate of drug-likeness (QED) is 0.548. The van der Waals surface area contributed by atoms with Crippen LogP contribution in [0.1, 0.15) is 45.1 Å².